The maximum atomic E-state index is 12.1. The number of nitrogens with two attached hydrogens (primary N) is 1. The zero-order chi connectivity index (χ0) is 13.9. The van der Waals surface area contributed by atoms with Gasteiger partial charge in [-0.15, -0.1) is 0 Å². The van der Waals surface area contributed by atoms with Crippen LogP contribution in [0.15, 0.2) is 53.4 Å². The van der Waals surface area contributed by atoms with E-state index < -0.39 is 10.0 Å². The minimum absolute atomic E-state index is 0.0997. The Morgan fingerprint density at radius 3 is 2.42 bits per heavy atom. The minimum Gasteiger partial charge on any atom is -0.398 e. The maximum absolute atomic E-state index is 12.1. The third-order valence-electron chi connectivity index (χ3n) is 2.59. The topological polar surface area (TPSA) is 72.2 Å². The van der Waals surface area contributed by atoms with Crippen LogP contribution in [0.2, 0.25) is 5.02 Å². The normalized spacial score (nSPS) is 11.4. The second-order valence-electron chi connectivity index (χ2n) is 3.99. The summed E-state index contributed by atoms with van der Waals surface area (Å²) in [6.45, 7) is 0.227. The van der Waals surface area contributed by atoms with Crippen LogP contribution in [-0.4, -0.2) is 8.42 Å². The Kier molecular flexibility index (Phi) is 4.09. The largest absolute Gasteiger partial charge is 0.398 e. The first-order valence-electron chi connectivity index (χ1n) is 5.58. The number of halogens is 1. The fourth-order valence-corrected chi connectivity index (χ4v) is 2.82. The molecule has 0 spiro atoms. The van der Waals surface area contributed by atoms with Gasteiger partial charge in [-0.05, 0) is 23.8 Å². The molecule has 2 aromatic carbocycles. The van der Waals surface area contributed by atoms with Gasteiger partial charge in [0.15, 0.2) is 0 Å². The molecule has 0 aliphatic carbocycles. The quantitative estimate of drug-likeness (QED) is 0.851. The Morgan fingerprint density at radius 1 is 1.11 bits per heavy atom. The smallest absolute Gasteiger partial charge is 0.240 e. The lowest BCUT2D eigenvalue weighted by atomic mass is 10.2. The molecule has 0 fully saturated rings. The van der Waals surface area contributed by atoms with E-state index in [0.717, 1.165) is 5.56 Å². The second-order valence-corrected chi connectivity index (χ2v) is 6.17. The van der Waals surface area contributed by atoms with Crippen molar-refractivity contribution in [3.8, 4) is 0 Å². The molecule has 4 nitrogen and oxygen atoms in total. The van der Waals surface area contributed by atoms with Crippen molar-refractivity contribution in [1.29, 1.82) is 0 Å². The van der Waals surface area contributed by atoms with Crippen LogP contribution in [0.5, 0.6) is 0 Å². The number of sulfonamides is 1. The number of nitrogens with one attached hydrogen (secondary N) is 1. The molecule has 0 amide bonds. The van der Waals surface area contributed by atoms with Crippen LogP contribution in [0.25, 0.3) is 0 Å². The van der Waals surface area contributed by atoms with Crippen molar-refractivity contribution in [2.45, 2.75) is 11.4 Å². The van der Waals surface area contributed by atoms with E-state index in [9.17, 15) is 8.42 Å². The summed E-state index contributed by atoms with van der Waals surface area (Å²) in [6.07, 6.45) is 0. The van der Waals surface area contributed by atoms with E-state index in [1.54, 1.807) is 0 Å². The lowest BCUT2D eigenvalue weighted by Gasteiger charge is -2.08. The van der Waals surface area contributed by atoms with Gasteiger partial charge in [0.2, 0.25) is 10.0 Å². The molecule has 100 valence electrons. The predicted octanol–water partition coefficient (Wildman–Crippen LogP) is 2.40. The van der Waals surface area contributed by atoms with Crippen LogP contribution in [0.4, 0.5) is 5.69 Å². The molecule has 3 N–H and O–H groups in total. The average Bonchev–Trinajstić information content (AvgIpc) is 2.41. The molecule has 0 aromatic heterocycles. The molecule has 0 aliphatic rings. The summed E-state index contributed by atoms with van der Waals surface area (Å²) in [7, 11) is -3.59. The van der Waals surface area contributed by atoms with Gasteiger partial charge in [-0.25, -0.2) is 13.1 Å². The molecule has 19 heavy (non-hydrogen) atoms. The van der Waals surface area contributed by atoms with Crippen molar-refractivity contribution in [2.24, 2.45) is 0 Å². The number of hydrogen-bond donors (Lipinski definition) is 2. The molecule has 2 aromatic rings. The lowest BCUT2D eigenvalue weighted by Crippen LogP contribution is -2.23. The highest BCUT2D eigenvalue weighted by Crippen LogP contribution is 2.22. The van der Waals surface area contributed by atoms with Gasteiger partial charge in [0.05, 0.1) is 15.6 Å². The Morgan fingerprint density at radius 2 is 1.79 bits per heavy atom. The van der Waals surface area contributed by atoms with Crippen molar-refractivity contribution in [3.05, 3.63) is 59.1 Å². The zero-order valence-corrected chi connectivity index (χ0v) is 11.6. The zero-order valence-electron chi connectivity index (χ0n) is 10.0. The van der Waals surface area contributed by atoms with Crippen molar-refractivity contribution in [2.75, 3.05) is 5.73 Å². The summed E-state index contributed by atoms with van der Waals surface area (Å²) in [5.74, 6) is 0. The predicted molar refractivity (Wildman–Crippen MR) is 76.3 cm³/mol. The lowest BCUT2D eigenvalue weighted by molar-refractivity contribution is 0.581. The van der Waals surface area contributed by atoms with E-state index in [1.807, 2.05) is 30.3 Å². The molecule has 0 heterocycles. The maximum Gasteiger partial charge on any atom is 0.240 e. The summed E-state index contributed by atoms with van der Waals surface area (Å²) in [6, 6.07) is 13.5. The Hall–Kier alpha value is -1.56. The summed E-state index contributed by atoms with van der Waals surface area (Å²) in [4.78, 5) is 0.0997. The number of hydrogen-bond acceptors (Lipinski definition) is 3. The second kappa shape index (κ2) is 5.61. The summed E-state index contributed by atoms with van der Waals surface area (Å²) in [5, 5.41) is 0.225. The van der Waals surface area contributed by atoms with E-state index in [0.29, 0.717) is 5.69 Å². The van der Waals surface area contributed by atoms with Gasteiger partial charge >= 0.3 is 0 Å². The number of nitrogen functional groups attached to an aromatic ring is 1. The van der Waals surface area contributed by atoms with Gasteiger partial charge in [-0.3, -0.25) is 0 Å². The molecule has 0 aliphatic heterocycles. The van der Waals surface area contributed by atoms with E-state index in [-0.39, 0.29) is 16.5 Å². The fraction of sp³-hybridized carbons (Fsp3) is 0.0769. The monoisotopic (exact) mass is 296 g/mol. The standard InChI is InChI=1S/C13H13ClN2O2S/c14-12-8-11(6-7-13(12)15)19(17,18)16-9-10-4-2-1-3-5-10/h1-8,16H,9,15H2. The molecule has 0 radical (unpaired) electrons. The highest BCUT2D eigenvalue weighted by atomic mass is 35.5. The minimum atomic E-state index is -3.59. The van der Waals surface area contributed by atoms with E-state index in [2.05, 4.69) is 4.72 Å². The molecule has 0 atom stereocenters. The molecule has 0 saturated heterocycles. The third kappa shape index (κ3) is 3.47. The van der Waals surface area contributed by atoms with Crippen molar-refractivity contribution in [1.82, 2.24) is 4.72 Å². The first-order chi connectivity index (χ1) is 8.99. The summed E-state index contributed by atoms with van der Waals surface area (Å²) < 4.78 is 26.6. The number of rotatable bonds is 4. The van der Waals surface area contributed by atoms with Crippen LogP contribution in [-0.2, 0) is 16.6 Å². The molecular weight excluding hydrogens is 284 g/mol. The fourth-order valence-electron chi connectivity index (χ4n) is 1.53. The highest BCUT2D eigenvalue weighted by molar-refractivity contribution is 7.89. The van der Waals surface area contributed by atoms with E-state index in [1.165, 1.54) is 18.2 Å². The van der Waals surface area contributed by atoms with Crippen LogP contribution < -0.4 is 10.5 Å². The molecule has 0 bridgehead atoms. The summed E-state index contributed by atoms with van der Waals surface area (Å²) in [5.41, 5.74) is 6.78. The number of anilines is 1. The molecule has 2 rings (SSSR count). The molecular formula is C13H13ClN2O2S. The summed E-state index contributed by atoms with van der Waals surface area (Å²) >= 11 is 5.82. The Labute approximate surface area is 117 Å². The van der Waals surface area contributed by atoms with Gasteiger partial charge in [0.1, 0.15) is 0 Å². The number of benzene rings is 2. The molecule has 0 unspecified atom stereocenters. The molecule has 0 saturated carbocycles. The average molecular weight is 297 g/mol. The van der Waals surface area contributed by atoms with Gasteiger partial charge < -0.3 is 5.73 Å². The van der Waals surface area contributed by atoms with Crippen LogP contribution in [0.1, 0.15) is 5.56 Å². The van der Waals surface area contributed by atoms with Crippen molar-refractivity contribution >= 4 is 27.3 Å². The van der Waals surface area contributed by atoms with E-state index >= 15 is 0 Å². The van der Waals surface area contributed by atoms with Gasteiger partial charge in [-0.2, -0.15) is 0 Å². The first-order valence-corrected chi connectivity index (χ1v) is 7.44. The molecule has 6 heteroatoms. The van der Waals surface area contributed by atoms with Crippen LogP contribution in [0, 0.1) is 0 Å². The Balaban J connectivity index is 2.16. The Bertz CT molecular complexity index is 672. The van der Waals surface area contributed by atoms with Crippen LogP contribution in [0.3, 0.4) is 0 Å². The van der Waals surface area contributed by atoms with E-state index in [4.69, 9.17) is 17.3 Å². The van der Waals surface area contributed by atoms with Gasteiger partial charge in [-0.1, -0.05) is 41.9 Å². The first kappa shape index (κ1) is 13.9. The SMILES string of the molecule is Nc1ccc(S(=O)(=O)NCc2ccccc2)cc1Cl. The van der Waals surface area contributed by atoms with Crippen molar-refractivity contribution < 1.29 is 8.42 Å². The van der Waals surface area contributed by atoms with Crippen LogP contribution >= 0.6 is 11.6 Å². The van der Waals surface area contributed by atoms with Gasteiger partial charge in [0, 0.05) is 6.54 Å². The third-order valence-corrected chi connectivity index (χ3v) is 4.32. The highest BCUT2D eigenvalue weighted by Gasteiger charge is 2.14. The van der Waals surface area contributed by atoms with Crippen molar-refractivity contribution in [3.63, 3.8) is 0 Å². The van der Waals surface area contributed by atoms with Gasteiger partial charge in [0.25, 0.3) is 0 Å².